The Morgan fingerprint density at radius 2 is 1.66 bits per heavy atom. The molecule has 5 amide bonds. The molecule has 282 valence electrons. The minimum atomic E-state index is -1.01. The van der Waals surface area contributed by atoms with Gasteiger partial charge in [-0.25, -0.2) is 0 Å². The number of hydrogen-bond donors (Lipinski definition) is 6. The number of hydrogen-bond acceptors (Lipinski definition) is 10. The first kappa shape index (κ1) is 37.5. The third-order valence-corrected chi connectivity index (χ3v) is 9.92. The molecule has 0 radical (unpaired) electrons. The van der Waals surface area contributed by atoms with Gasteiger partial charge in [-0.05, 0) is 68.9 Å². The van der Waals surface area contributed by atoms with Crippen molar-refractivity contribution < 1.29 is 33.8 Å². The van der Waals surface area contributed by atoms with Gasteiger partial charge in [0.25, 0.3) is 23.6 Å². The number of ether oxygens (including phenoxy) is 1. The van der Waals surface area contributed by atoms with Crippen LogP contribution in [0.25, 0.3) is 10.9 Å². The molecule has 1 saturated carbocycles. The van der Waals surface area contributed by atoms with E-state index in [1.54, 1.807) is 19.3 Å². The number of rotatable bonds is 19. The molecule has 0 bridgehead atoms. The summed E-state index contributed by atoms with van der Waals surface area (Å²) in [5, 5.41) is 25.6. The van der Waals surface area contributed by atoms with E-state index in [4.69, 9.17) is 4.74 Å². The number of carbonyl (C=O) groups is 5. The fourth-order valence-electron chi connectivity index (χ4n) is 6.86. The number of aromatic nitrogens is 1. The second-order valence-corrected chi connectivity index (χ2v) is 13.9. The summed E-state index contributed by atoms with van der Waals surface area (Å²) in [5.41, 5.74) is 3.45. The molecule has 2 atom stereocenters. The number of unbranched alkanes of at least 4 members (excludes halogenated alkanes) is 7. The first-order valence-corrected chi connectivity index (χ1v) is 18.8. The lowest BCUT2D eigenvalue weighted by Crippen LogP contribution is -2.55. The Labute approximate surface area is 308 Å². The van der Waals surface area contributed by atoms with Crippen molar-refractivity contribution >= 4 is 51.8 Å². The number of anilines is 2. The molecule has 14 heteroatoms. The highest BCUT2D eigenvalue weighted by atomic mass is 16.5. The summed E-state index contributed by atoms with van der Waals surface area (Å²) in [6.45, 7) is 1.08. The first-order chi connectivity index (χ1) is 25.7. The van der Waals surface area contributed by atoms with Gasteiger partial charge in [0.05, 0.1) is 27.9 Å². The van der Waals surface area contributed by atoms with Crippen molar-refractivity contribution in [2.24, 2.45) is 0 Å². The molecular formula is C39H49N7O7. The molecule has 2 unspecified atom stereocenters. The van der Waals surface area contributed by atoms with E-state index in [1.807, 2.05) is 12.1 Å². The van der Waals surface area contributed by atoms with Crippen LogP contribution in [0.3, 0.4) is 0 Å². The Morgan fingerprint density at radius 3 is 2.38 bits per heavy atom. The van der Waals surface area contributed by atoms with Crippen LogP contribution in [-0.4, -0.2) is 89.6 Å². The molecule has 2 aliphatic heterocycles. The number of nitrogens with zero attached hydrogens (tertiary/aromatic N) is 2. The Hall–Kier alpha value is -5.24. The molecular weight excluding hydrogens is 678 g/mol. The zero-order valence-corrected chi connectivity index (χ0v) is 30.2. The van der Waals surface area contributed by atoms with Crippen molar-refractivity contribution in [3.05, 3.63) is 59.3 Å². The zero-order chi connectivity index (χ0) is 37.3. The predicted molar refractivity (Wildman–Crippen MR) is 200 cm³/mol. The van der Waals surface area contributed by atoms with Crippen LogP contribution in [0.5, 0.6) is 5.75 Å². The van der Waals surface area contributed by atoms with Gasteiger partial charge in [-0.3, -0.25) is 33.9 Å². The quantitative estimate of drug-likeness (QED) is 0.0775. The second kappa shape index (κ2) is 17.5. The van der Waals surface area contributed by atoms with E-state index >= 15 is 0 Å². The Bertz CT molecular complexity index is 1850. The van der Waals surface area contributed by atoms with E-state index in [0.29, 0.717) is 18.2 Å². The molecule has 1 saturated heterocycles. The molecule has 2 fully saturated rings. The number of amides is 5. The van der Waals surface area contributed by atoms with Crippen LogP contribution >= 0.6 is 0 Å². The molecule has 2 aromatic carbocycles. The Balaban J connectivity index is 0.828. The van der Waals surface area contributed by atoms with Crippen molar-refractivity contribution in [3.8, 4) is 5.75 Å². The molecule has 53 heavy (non-hydrogen) atoms. The van der Waals surface area contributed by atoms with Gasteiger partial charge in [0.15, 0.2) is 6.61 Å². The molecule has 3 aromatic rings. The van der Waals surface area contributed by atoms with Crippen LogP contribution in [-0.2, 0) is 9.59 Å². The number of pyridine rings is 1. The lowest BCUT2D eigenvalue weighted by atomic mass is 10.0. The highest BCUT2D eigenvalue weighted by molar-refractivity contribution is 6.24. The summed E-state index contributed by atoms with van der Waals surface area (Å²) in [4.78, 5) is 69.0. The summed E-state index contributed by atoms with van der Waals surface area (Å²) in [7, 11) is 1.63. The lowest BCUT2D eigenvalue weighted by Gasteiger charge is -2.31. The van der Waals surface area contributed by atoms with E-state index in [2.05, 4.69) is 37.6 Å². The van der Waals surface area contributed by atoms with E-state index in [0.717, 1.165) is 97.9 Å². The summed E-state index contributed by atoms with van der Waals surface area (Å²) in [6, 6.07) is 10.1. The summed E-state index contributed by atoms with van der Waals surface area (Å²) in [6.07, 6.45) is 11.8. The first-order valence-electron chi connectivity index (χ1n) is 18.8. The maximum Gasteiger partial charge on any atom is 0.266 e. The van der Waals surface area contributed by atoms with Crippen LogP contribution in [0.15, 0.2) is 42.6 Å². The third kappa shape index (κ3) is 9.23. The van der Waals surface area contributed by atoms with Crippen molar-refractivity contribution in [2.75, 3.05) is 37.4 Å². The highest BCUT2D eigenvalue weighted by Gasteiger charge is 2.46. The molecule has 1 aliphatic carbocycles. The van der Waals surface area contributed by atoms with E-state index in [9.17, 15) is 29.1 Å². The lowest BCUT2D eigenvalue weighted by molar-refractivity contribution is -0.131. The Morgan fingerprint density at radius 1 is 0.925 bits per heavy atom. The number of fused-ring (bicyclic) bond motifs is 2. The smallest absolute Gasteiger partial charge is 0.266 e. The van der Waals surface area contributed by atoms with Crippen LogP contribution in [0.2, 0.25) is 0 Å². The molecule has 6 rings (SSSR count). The zero-order valence-electron chi connectivity index (χ0n) is 30.2. The number of imide groups is 1. The molecule has 6 N–H and O–H groups in total. The minimum Gasteiger partial charge on any atom is -0.483 e. The van der Waals surface area contributed by atoms with Crippen molar-refractivity contribution in [2.45, 2.75) is 95.4 Å². The van der Waals surface area contributed by atoms with Gasteiger partial charge in [-0.15, -0.1) is 0 Å². The average Bonchev–Trinajstić information content (AvgIpc) is 3.94. The van der Waals surface area contributed by atoms with Crippen LogP contribution in [0.4, 0.5) is 11.4 Å². The monoisotopic (exact) mass is 727 g/mol. The standard InChI is InChI=1S/C39H49N7O7/c1-40-36(49)28-22-43-29-16-15-25(21-27(29)35(28)44-24-13-14-24)41-19-8-6-4-2-3-5-7-9-20-42-33(48)23-53-31-12-10-11-26-34(31)39(52)46(38(26)51)30-17-18-32(47)45-37(30)50/h10-12,15-16,21-22,24,30,32,41,47H,2-9,13-14,17-20,23H2,1H3,(H,40,49)(H,42,48)(H,43,44)(H,45,50). The van der Waals surface area contributed by atoms with Crippen LogP contribution in [0.1, 0.15) is 108 Å². The van der Waals surface area contributed by atoms with Gasteiger partial charge in [-0.1, -0.05) is 44.6 Å². The van der Waals surface area contributed by atoms with E-state index in [-0.39, 0.29) is 48.1 Å². The molecule has 3 heterocycles. The fraction of sp³-hybridized carbons (Fsp3) is 0.487. The number of carbonyl (C=O) groups excluding carboxylic acids is 5. The second-order valence-electron chi connectivity index (χ2n) is 13.9. The van der Waals surface area contributed by atoms with Gasteiger partial charge < -0.3 is 36.4 Å². The van der Waals surface area contributed by atoms with Gasteiger partial charge in [0, 0.05) is 43.4 Å². The number of benzene rings is 2. The molecule has 3 aliphatic rings. The number of aliphatic hydroxyl groups is 1. The van der Waals surface area contributed by atoms with Gasteiger partial charge in [0.2, 0.25) is 5.91 Å². The van der Waals surface area contributed by atoms with E-state index < -0.39 is 30.0 Å². The largest absolute Gasteiger partial charge is 0.483 e. The molecule has 14 nitrogen and oxygen atoms in total. The SMILES string of the molecule is CNC(=O)c1cnc2ccc(NCCCCCCCCCCNC(=O)COc3cccc4c3C(=O)N(C3CCC(O)NC3=O)C4=O)cc2c1NC1CC1. The summed E-state index contributed by atoms with van der Waals surface area (Å²) >= 11 is 0. The maximum absolute atomic E-state index is 13.2. The topological polar surface area (TPSA) is 191 Å². The summed E-state index contributed by atoms with van der Waals surface area (Å²) in [5.74, 6) is -2.19. The van der Waals surface area contributed by atoms with E-state index in [1.165, 1.54) is 12.1 Å². The average molecular weight is 728 g/mol. The summed E-state index contributed by atoms with van der Waals surface area (Å²) < 4.78 is 5.66. The van der Waals surface area contributed by atoms with Crippen LogP contribution in [0, 0.1) is 0 Å². The molecule has 0 spiro atoms. The van der Waals surface area contributed by atoms with Gasteiger partial charge in [-0.2, -0.15) is 0 Å². The van der Waals surface area contributed by atoms with Crippen molar-refractivity contribution in [1.82, 2.24) is 25.8 Å². The number of piperidine rings is 1. The van der Waals surface area contributed by atoms with Crippen molar-refractivity contribution in [3.63, 3.8) is 0 Å². The normalized spacial score (nSPS) is 18.1. The fourth-order valence-corrected chi connectivity index (χ4v) is 6.86. The maximum atomic E-state index is 13.2. The molecule has 1 aromatic heterocycles. The van der Waals surface area contributed by atoms with Gasteiger partial charge in [0.1, 0.15) is 18.0 Å². The van der Waals surface area contributed by atoms with Gasteiger partial charge >= 0.3 is 0 Å². The number of nitrogens with one attached hydrogen (secondary N) is 5. The van der Waals surface area contributed by atoms with Crippen LogP contribution < -0.4 is 31.3 Å². The number of aliphatic hydroxyl groups excluding tert-OH is 1. The predicted octanol–water partition coefficient (Wildman–Crippen LogP) is 4.09. The highest BCUT2D eigenvalue weighted by Crippen LogP contribution is 2.35. The third-order valence-electron chi connectivity index (χ3n) is 9.92. The minimum absolute atomic E-state index is 0.0389. The Kier molecular flexibility index (Phi) is 12.4. The van der Waals surface area contributed by atoms with Crippen molar-refractivity contribution in [1.29, 1.82) is 0 Å².